The first-order valence-corrected chi connectivity index (χ1v) is 5.33. The molecule has 1 saturated heterocycles. The molecule has 15 heavy (non-hydrogen) atoms. The van der Waals surface area contributed by atoms with Crippen LogP contribution in [0, 0.1) is 0 Å². The van der Waals surface area contributed by atoms with Crippen LogP contribution in [-0.4, -0.2) is 13.2 Å². The summed E-state index contributed by atoms with van der Waals surface area (Å²) in [6.07, 6.45) is 3.64. The molecule has 1 heterocycles. The minimum atomic E-state index is -0.170. The maximum Gasteiger partial charge on any atom is 0.183 e. The van der Waals surface area contributed by atoms with Crippen molar-refractivity contribution in [3.05, 3.63) is 48.0 Å². The van der Waals surface area contributed by atoms with Crippen molar-refractivity contribution < 1.29 is 9.47 Å². The fourth-order valence-electron chi connectivity index (χ4n) is 1.66. The molecule has 0 spiro atoms. The topological polar surface area (TPSA) is 18.5 Å². The van der Waals surface area contributed by atoms with E-state index in [4.69, 9.17) is 9.47 Å². The lowest BCUT2D eigenvalue weighted by atomic mass is 10.1. The maximum absolute atomic E-state index is 5.52. The van der Waals surface area contributed by atoms with Gasteiger partial charge in [-0.3, -0.25) is 0 Å². The van der Waals surface area contributed by atoms with Crippen molar-refractivity contribution in [3.63, 3.8) is 0 Å². The monoisotopic (exact) mass is 204 g/mol. The van der Waals surface area contributed by atoms with Gasteiger partial charge in [0, 0.05) is 5.56 Å². The predicted molar refractivity (Wildman–Crippen MR) is 59.6 cm³/mol. The minimum absolute atomic E-state index is 0.170. The highest BCUT2D eigenvalue weighted by Crippen LogP contribution is 2.22. The highest BCUT2D eigenvalue weighted by Gasteiger charge is 2.15. The van der Waals surface area contributed by atoms with Crippen molar-refractivity contribution in [1.82, 2.24) is 0 Å². The molecule has 1 fully saturated rings. The summed E-state index contributed by atoms with van der Waals surface area (Å²) in [5.41, 5.74) is 2.37. The fourth-order valence-corrected chi connectivity index (χ4v) is 1.66. The van der Waals surface area contributed by atoms with Gasteiger partial charge < -0.3 is 9.47 Å². The molecule has 1 aromatic carbocycles. The molecule has 0 aromatic heterocycles. The van der Waals surface area contributed by atoms with Crippen LogP contribution in [0.2, 0.25) is 0 Å². The lowest BCUT2D eigenvalue weighted by Crippen LogP contribution is -2.17. The predicted octanol–water partition coefficient (Wildman–Crippen LogP) is 2.85. The van der Waals surface area contributed by atoms with Crippen molar-refractivity contribution in [2.45, 2.75) is 19.1 Å². The summed E-state index contributed by atoms with van der Waals surface area (Å²) in [4.78, 5) is 0. The summed E-state index contributed by atoms with van der Waals surface area (Å²) in [6.45, 7) is 5.30. The van der Waals surface area contributed by atoms with Gasteiger partial charge in [0.05, 0.1) is 13.2 Å². The van der Waals surface area contributed by atoms with Gasteiger partial charge in [-0.1, -0.05) is 30.3 Å². The molecule has 1 aliphatic heterocycles. The van der Waals surface area contributed by atoms with Crippen LogP contribution in [0.5, 0.6) is 0 Å². The van der Waals surface area contributed by atoms with Crippen LogP contribution >= 0.6 is 0 Å². The van der Waals surface area contributed by atoms with E-state index in [-0.39, 0.29) is 6.29 Å². The zero-order valence-corrected chi connectivity index (χ0v) is 8.82. The zero-order chi connectivity index (χ0) is 10.5. The Bertz CT molecular complexity index is 310. The number of allylic oxidation sites excluding steroid dienone is 1. The summed E-state index contributed by atoms with van der Waals surface area (Å²) >= 11 is 0. The van der Waals surface area contributed by atoms with Gasteiger partial charge in [-0.2, -0.15) is 0 Å². The first-order valence-electron chi connectivity index (χ1n) is 5.33. The molecule has 0 saturated carbocycles. The normalized spacial score (nSPS) is 17.6. The quantitative estimate of drug-likeness (QED) is 0.705. The van der Waals surface area contributed by atoms with Gasteiger partial charge in [0.25, 0.3) is 0 Å². The molecule has 1 aliphatic rings. The Labute approximate surface area is 90.5 Å². The number of benzene rings is 1. The Morgan fingerprint density at radius 1 is 1.20 bits per heavy atom. The molecule has 2 rings (SSSR count). The Morgan fingerprint density at radius 3 is 2.47 bits per heavy atom. The second-order valence-electron chi connectivity index (χ2n) is 3.66. The summed E-state index contributed by atoms with van der Waals surface area (Å²) in [7, 11) is 0. The van der Waals surface area contributed by atoms with E-state index in [1.54, 1.807) is 0 Å². The maximum atomic E-state index is 5.52. The van der Waals surface area contributed by atoms with E-state index >= 15 is 0 Å². The van der Waals surface area contributed by atoms with Crippen LogP contribution < -0.4 is 0 Å². The van der Waals surface area contributed by atoms with Crippen molar-refractivity contribution in [2.24, 2.45) is 0 Å². The van der Waals surface area contributed by atoms with Gasteiger partial charge in [-0.05, 0) is 18.4 Å². The molecule has 1 aromatic rings. The number of ether oxygens (including phenoxy) is 2. The van der Waals surface area contributed by atoms with Crippen LogP contribution in [0.4, 0.5) is 0 Å². The summed E-state index contributed by atoms with van der Waals surface area (Å²) in [5.74, 6) is 0. The molecule has 0 amide bonds. The summed E-state index contributed by atoms with van der Waals surface area (Å²) in [6, 6.07) is 8.32. The van der Waals surface area contributed by atoms with Crippen LogP contribution in [0.15, 0.2) is 36.9 Å². The zero-order valence-electron chi connectivity index (χ0n) is 8.82. The molecule has 80 valence electrons. The average Bonchev–Trinajstić information content (AvgIpc) is 2.32. The van der Waals surface area contributed by atoms with Gasteiger partial charge in [-0.25, -0.2) is 0 Å². The van der Waals surface area contributed by atoms with E-state index in [1.807, 2.05) is 6.08 Å². The first kappa shape index (κ1) is 10.4. The second kappa shape index (κ2) is 5.10. The minimum Gasteiger partial charge on any atom is -0.348 e. The third-order valence-electron chi connectivity index (χ3n) is 2.46. The smallest absolute Gasteiger partial charge is 0.183 e. The molecule has 0 bridgehead atoms. The average molecular weight is 204 g/mol. The SMILES string of the molecule is C=CCc1ccc(C2OCCCO2)cc1. The lowest BCUT2D eigenvalue weighted by molar-refractivity contribution is -0.183. The molecular weight excluding hydrogens is 188 g/mol. The van der Waals surface area contributed by atoms with E-state index in [0.29, 0.717) is 0 Å². The molecule has 0 atom stereocenters. The summed E-state index contributed by atoms with van der Waals surface area (Å²) < 4.78 is 11.0. The third-order valence-corrected chi connectivity index (χ3v) is 2.46. The number of hydrogen-bond donors (Lipinski definition) is 0. The molecule has 0 N–H and O–H groups in total. The fraction of sp³-hybridized carbons (Fsp3) is 0.385. The van der Waals surface area contributed by atoms with Gasteiger partial charge in [0.1, 0.15) is 0 Å². The van der Waals surface area contributed by atoms with E-state index in [2.05, 4.69) is 30.8 Å². The Balaban J connectivity index is 2.04. The third kappa shape index (κ3) is 2.67. The van der Waals surface area contributed by atoms with Crippen molar-refractivity contribution in [3.8, 4) is 0 Å². The number of rotatable bonds is 3. The summed E-state index contributed by atoms with van der Waals surface area (Å²) in [5, 5.41) is 0. The highest BCUT2D eigenvalue weighted by molar-refractivity contribution is 5.24. The van der Waals surface area contributed by atoms with E-state index in [1.165, 1.54) is 5.56 Å². The van der Waals surface area contributed by atoms with Gasteiger partial charge >= 0.3 is 0 Å². The van der Waals surface area contributed by atoms with Crippen molar-refractivity contribution in [2.75, 3.05) is 13.2 Å². The Hall–Kier alpha value is -1.12. The molecule has 2 nitrogen and oxygen atoms in total. The van der Waals surface area contributed by atoms with Crippen LogP contribution in [0.25, 0.3) is 0 Å². The van der Waals surface area contributed by atoms with Gasteiger partial charge in [-0.15, -0.1) is 6.58 Å². The Morgan fingerprint density at radius 2 is 1.87 bits per heavy atom. The molecule has 0 radical (unpaired) electrons. The largest absolute Gasteiger partial charge is 0.348 e. The first-order chi connectivity index (χ1) is 7.40. The van der Waals surface area contributed by atoms with Gasteiger partial charge in [0.2, 0.25) is 0 Å². The van der Waals surface area contributed by atoms with Crippen molar-refractivity contribution >= 4 is 0 Å². The van der Waals surface area contributed by atoms with Crippen LogP contribution in [-0.2, 0) is 15.9 Å². The van der Waals surface area contributed by atoms with E-state index in [9.17, 15) is 0 Å². The molecular formula is C13H16O2. The molecule has 2 heteroatoms. The standard InChI is InChI=1S/C13H16O2/c1-2-4-11-5-7-12(8-6-11)13-14-9-3-10-15-13/h2,5-8,13H,1,3-4,9-10H2. The molecule has 0 aliphatic carbocycles. The van der Waals surface area contributed by atoms with Crippen LogP contribution in [0.1, 0.15) is 23.8 Å². The van der Waals surface area contributed by atoms with Gasteiger partial charge in [0.15, 0.2) is 6.29 Å². The van der Waals surface area contributed by atoms with E-state index < -0.39 is 0 Å². The highest BCUT2D eigenvalue weighted by atomic mass is 16.7. The Kier molecular flexibility index (Phi) is 3.54. The second-order valence-corrected chi connectivity index (χ2v) is 3.66. The molecule has 0 unspecified atom stereocenters. The van der Waals surface area contributed by atoms with Crippen molar-refractivity contribution in [1.29, 1.82) is 0 Å². The van der Waals surface area contributed by atoms with E-state index in [0.717, 1.165) is 31.6 Å². The number of hydrogen-bond acceptors (Lipinski definition) is 2. The van der Waals surface area contributed by atoms with Crippen LogP contribution in [0.3, 0.4) is 0 Å². The lowest BCUT2D eigenvalue weighted by Gasteiger charge is -2.23.